The van der Waals surface area contributed by atoms with E-state index in [0.29, 0.717) is 17.1 Å². The lowest BCUT2D eigenvalue weighted by atomic mass is 9.89. The third-order valence-electron chi connectivity index (χ3n) is 3.84. The molecule has 0 amide bonds. The third kappa shape index (κ3) is 3.04. The van der Waals surface area contributed by atoms with Crippen LogP contribution in [0.25, 0.3) is 5.53 Å². The Balaban J connectivity index is 2.28. The maximum absolute atomic E-state index is 12.4. The number of benzene rings is 1. The second-order valence-corrected chi connectivity index (χ2v) is 5.21. The molecule has 1 aromatic carbocycles. The van der Waals surface area contributed by atoms with Gasteiger partial charge in [-0.3, -0.25) is 9.59 Å². The molecule has 2 rings (SSSR count). The van der Waals surface area contributed by atoms with Gasteiger partial charge in [-0.15, -0.1) is 0 Å². The quantitative estimate of drug-likeness (QED) is 0.262. The SMILES string of the molecule is COC(=O)C(=[N+]=[N-])C(=O)[C@H](C)[C@@H]1CC(=O)c2c(OC)cccc2O1. The molecule has 0 fully saturated rings. The van der Waals surface area contributed by atoms with Gasteiger partial charge in [0.2, 0.25) is 0 Å². The van der Waals surface area contributed by atoms with Crippen LogP contribution in [0.1, 0.15) is 23.7 Å². The van der Waals surface area contributed by atoms with Crippen LogP contribution in [0.5, 0.6) is 11.5 Å². The maximum Gasteiger partial charge on any atom is 0.441 e. The second-order valence-electron chi connectivity index (χ2n) is 5.21. The molecule has 8 heteroatoms. The Morgan fingerprint density at radius 2 is 2.08 bits per heavy atom. The minimum atomic E-state index is -1.06. The van der Waals surface area contributed by atoms with Crippen molar-refractivity contribution >= 4 is 23.2 Å². The normalized spacial score (nSPS) is 17.0. The van der Waals surface area contributed by atoms with Crippen LogP contribution in [0.2, 0.25) is 0 Å². The van der Waals surface area contributed by atoms with Crippen LogP contribution >= 0.6 is 0 Å². The van der Waals surface area contributed by atoms with Gasteiger partial charge in [0.25, 0.3) is 5.78 Å². The van der Waals surface area contributed by atoms with Crippen molar-refractivity contribution in [3.63, 3.8) is 0 Å². The first-order chi connectivity index (χ1) is 11.4. The number of nitrogens with zero attached hydrogens (tertiary/aromatic N) is 2. The highest BCUT2D eigenvalue weighted by atomic mass is 16.5. The highest BCUT2D eigenvalue weighted by molar-refractivity contribution is 6.62. The van der Waals surface area contributed by atoms with Crippen molar-refractivity contribution in [3.8, 4) is 11.5 Å². The van der Waals surface area contributed by atoms with Crippen molar-refractivity contribution in [3.05, 3.63) is 29.3 Å². The molecular formula is C16H16N2O6. The first-order valence-corrected chi connectivity index (χ1v) is 7.16. The Bertz CT molecular complexity index is 751. The molecule has 2 atom stereocenters. The predicted molar refractivity (Wildman–Crippen MR) is 81.2 cm³/mol. The summed E-state index contributed by atoms with van der Waals surface area (Å²) < 4.78 is 15.3. The number of Topliss-reactive ketones (excluding diaryl/α,β-unsaturated/α-hetero) is 2. The molecule has 0 spiro atoms. The van der Waals surface area contributed by atoms with Crippen LogP contribution in [0.3, 0.4) is 0 Å². The summed E-state index contributed by atoms with van der Waals surface area (Å²) >= 11 is 0. The topological polar surface area (TPSA) is 115 Å². The Hall–Kier alpha value is -2.99. The fraction of sp³-hybridized carbons (Fsp3) is 0.375. The highest BCUT2D eigenvalue weighted by Gasteiger charge is 2.42. The van der Waals surface area contributed by atoms with E-state index in [1.807, 2.05) is 0 Å². The van der Waals surface area contributed by atoms with Crippen LogP contribution in [0.4, 0.5) is 0 Å². The van der Waals surface area contributed by atoms with E-state index in [0.717, 1.165) is 7.11 Å². The first-order valence-electron chi connectivity index (χ1n) is 7.16. The largest absolute Gasteiger partial charge is 0.496 e. The van der Waals surface area contributed by atoms with Crippen LogP contribution in [0, 0.1) is 5.92 Å². The Morgan fingerprint density at radius 3 is 2.67 bits per heavy atom. The molecule has 1 aromatic rings. The van der Waals surface area contributed by atoms with E-state index in [1.54, 1.807) is 18.2 Å². The highest BCUT2D eigenvalue weighted by Crippen LogP contribution is 2.36. The van der Waals surface area contributed by atoms with Gasteiger partial charge in [-0.25, -0.2) is 4.79 Å². The van der Waals surface area contributed by atoms with Gasteiger partial charge >= 0.3 is 11.7 Å². The number of hydrogen-bond acceptors (Lipinski definition) is 6. The molecule has 1 aliphatic heterocycles. The summed E-state index contributed by atoms with van der Waals surface area (Å²) in [6.07, 6.45) is -0.869. The molecular weight excluding hydrogens is 316 g/mol. The third-order valence-corrected chi connectivity index (χ3v) is 3.84. The second kappa shape index (κ2) is 7.06. The van der Waals surface area contributed by atoms with Crippen LogP contribution in [0.15, 0.2) is 18.2 Å². The van der Waals surface area contributed by atoms with E-state index in [9.17, 15) is 14.4 Å². The number of esters is 1. The van der Waals surface area contributed by atoms with Crippen molar-refractivity contribution in [1.82, 2.24) is 0 Å². The van der Waals surface area contributed by atoms with Gasteiger partial charge in [-0.05, 0) is 12.1 Å². The van der Waals surface area contributed by atoms with Crippen LogP contribution < -0.4 is 9.47 Å². The predicted octanol–water partition coefficient (Wildman–Crippen LogP) is 1.08. The van der Waals surface area contributed by atoms with Crippen molar-refractivity contribution in [2.75, 3.05) is 14.2 Å². The Morgan fingerprint density at radius 1 is 1.38 bits per heavy atom. The van der Waals surface area contributed by atoms with Crippen molar-refractivity contribution in [2.24, 2.45) is 5.92 Å². The summed E-state index contributed by atoms with van der Waals surface area (Å²) in [5.74, 6) is -2.26. The summed E-state index contributed by atoms with van der Waals surface area (Å²) in [6.45, 7) is 1.49. The zero-order valence-electron chi connectivity index (χ0n) is 13.4. The lowest BCUT2D eigenvalue weighted by Gasteiger charge is -2.28. The molecule has 24 heavy (non-hydrogen) atoms. The number of carbonyl (C=O) groups is 3. The molecule has 0 saturated carbocycles. The van der Waals surface area contributed by atoms with Crippen molar-refractivity contribution in [1.29, 1.82) is 0 Å². The molecule has 0 unspecified atom stereocenters. The molecule has 0 aromatic heterocycles. The average Bonchev–Trinajstić information content (AvgIpc) is 2.60. The molecule has 8 nitrogen and oxygen atoms in total. The maximum atomic E-state index is 12.4. The van der Waals surface area contributed by atoms with E-state index >= 15 is 0 Å². The molecule has 0 aliphatic carbocycles. The zero-order valence-corrected chi connectivity index (χ0v) is 13.4. The Kier molecular flexibility index (Phi) is 5.11. The van der Waals surface area contributed by atoms with Gasteiger partial charge in [0, 0.05) is 6.42 Å². The molecule has 0 radical (unpaired) electrons. The minimum absolute atomic E-state index is 0.0693. The number of carbonyl (C=O) groups excluding carboxylic acids is 3. The van der Waals surface area contributed by atoms with Gasteiger partial charge in [0.1, 0.15) is 23.2 Å². The lowest BCUT2D eigenvalue weighted by molar-refractivity contribution is -0.140. The molecule has 1 aliphatic rings. The van der Waals surface area contributed by atoms with Gasteiger partial charge < -0.3 is 19.7 Å². The zero-order chi connectivity index (χ0) is 17.9. The number of ketones is 2. The molecule has 0 N–H and O–H groups in total. The summed E-state index contributed by atoms with van der Waals surface area (Å²) in [7, 11) is 2.51. The van der Waals surface area contributed by atoms with E-state index in [2.05, 4.69) is 9.53 Å². The number of fused-ring (bicyclic) bond motifs is 1. The van der Waals surface area contributed by atoms with Gasteiger partial charge in [-0.2, -0.15) is 4.79 Å². The van der Waals surface area contributed by atoms with E-state index < -0.39 is 29.5 Å². The Labute approximate surface area is 137 Å². The number of methoxy groups -OCH3 is 2. The van der Waals surface area contributed by atoms with Crippen molar-refractivity contribution < 1.29 is 33.4 Å². The molecule has 0 bridgehead atoms. The fourth-order valence-electron chi connectivity index (χ4n) is 2.49. The van der Waals surface area contributed by atoms with Gasteiger partial charge in [-0.1, -0.05) is 13.0 Å². The van der Waals surface area contributed by atoms with Crippen LogP contribution in [-0.4, -0.2) is 48.4 Å². The van der Waals surface area contributed by atoms with Crippen LogP contribution in [-0.2, 0) is 14.3 Å². The average molecular weight is 332 g/mol. The number of hydrogen-bond donors (Lipinski definition) is 0. The standard InChI is InChI=1S/C16H16N2O6/c1-8(15(20)14(18-17)16(21)23-3)12-7-9(19)13-10(22-2)5-4-6-11(13)24-12/h4-6,8,12H,7H2,1-3H3/t8-,12+/m1/s1. The summed E-state index contributed by atoms with van der Waals surface area (Å²) in [6, 6.07) is 4.90. The summed E-state index contributed by atoms with van der Waals surface area (Å²) in [5.41, 5.74) is 8.45. The van der Waals surface area contributed by atoms with E-state index in [4.69, 9.17) is 15.0 Å². The fourth-order valence-corrected chi connectivity index (χ4v) is 2.49. The minimum Gasteiger partial charge on any atom is -0.496 e. The summed E-state index contributed by atoms with van der Waals surface area (Å²) in [5, 5.41) is 0. The van der Waals surface area contributed by atoms with Crippen molar-refractivity contribution in [2.45, 2.75) is 19.4 Å². The number of rotatable bonds is 5. The molecule has 126 valence electrons. The summed E-state index contributed by atoms with van der Waals surface area (Å²) in [4.78, 5) is 38.9. The first kappa shape index (κ1) is 17.4. The van der Waals surface area contributed by atoms with E-state index in [-0.39, 0.29) is 12.2 Å². The number of ether oxygens (including phenoxy) is 3. The lowest BCUT2D eigenvalue weighted by Crippen LogP contribution is -2.41. The smallest absolute Gasteiger partial charge is 0.441 e. The van der Waals surface area contributed by atoms with Gasteiger partial charge in [0.15, 0.2) is 5.78 Å². The van der Waals surface area contributed by atoms with E-state index in [1.165, 1.54) is 14.0 Å². The molecule has 1 heterocycles. The van der Waals surface area contributed by atoms with Gasteiger partial charge in [0.05, 0.1) is 20.1 Å². The monoisotopic (exact) mass is 332 g/mol. The molecule has 0 saturated heterocycles.